The number of aliphatic hydroxyl groups is 1. The van der Waals surface area contributed by atoms with Crippen LogP contribution in [-0.4, -0.2) is 52.3 Å². The first-order valence-corrected chi connectivity index (χ1v) is 12.5. The average Bonchev–Trinajstić information content (AvgIpc) is 3.23. The molecule has 0 bridgehead atoms. The predicted octanol–water partition coefficient (Wildman–Crippen LogP) is 4.80. The Hall–Kier alpha value is -2.38. The molecule has 4 rings (SSSR count). The van der Waals surface area contributed by atoms with E-state index in [-0.39, 0.29) is 24.5 Å². The lowest BCUT2D eigenvalue weighted by Crippen LogP contribution is -2.29. The van der Waals surface area contributed by atoms with Gasteiger partial charge in [0.15, 0.2) is 5.82 Å². The molecule has 0 radical (unpaired) electrons. The fourth-order valence-corrected chi connectivity index (χ4v) is 4.57. The second-order valence-electron chi connectivity index (χ2n) is 10.2. The number of aromatic nitrogens is 2. The van der Waals surface area contributed by atoms with Gasteiger partial charge in [0.2, 0.25) is 5.88 Å². The zero-order valence-corrected chi connectivity index (χ0v) is 20.9. The Morgan fingerprint density at radius 2 is 1.97 bits per heavy atom. The van der Waals surface area contributed by atoms with E-state index in [1.54, 1.807) is 13.8 Å². The van der Waals surface area contributed by atoms with E-state index in [1.807, 2.05) is 31.2 Å². The van der Waals surface area contributed by atoms with Gasteiger partial charge in [-0.2, -0.15) is 0 Å². The maximum Gasteiger partial charge on any atom is 0.238 e. The van der Waals surface area contributed by atoms with Crippen molar-refractivity contribution in [3.63, 3.8) is 0 Å². The van der Waals surface area contributed by atoms with Crippen molar-refractivity contribution < 1.29 is 19.4 Å². The minimum Gasteiger partial charge on any atom is -0.489 e. The molecule has 2 aliphatic rings. The van der Waals surface area contributed by atoms with Crippen LogP contribution in [0.4, 0.5) is 5.82 Å². The predicted molar refractivity (Wildman–Crippen MR) is 132 cm³/mol. The minimum atomic E-state index is -0.988. The molecule has 0 amide bonds. The SMILES string of the molecule is CC(C(=O)CC1CCC1)c1ccc(O[C@@H]2CCN(c3ncnc(OCC(C)(C)O)c3Cl)C2)cc1. The number of ketones is 1. The van der Waals surface area contributed by atoms with Gasteiger partial charge in [-0.05, 0) is 37.5 Å². The molecule has 2 aromatic rings. The van der Waals surface area contributed by atoms with Crippen LogP contribution in [0.1, 0.15) is 64.4 Å². The number of hydrogen-bond donors (Lipinski definition) is 1. The summed E-state index contributed by atoms with van der Waals surface area (Å²) in [5.74, 6) is 2.49. The molecule has 1 saturated carbocycles. The lowest BCUT2D eigenvalue weighted by atomic mass is 9.79. The molecule has 1 unspecified atom stereocenters. The summed E-state index contributed by atoms with van der Waals surface area (Å²) in [6.45, 7) is 6.78. The molecule has 1 aliphatic heterocycles. The summed E-state index contributed by atoms with van der Waals surface area (Å²) in [5.41, 5.74) is 0.0502. The van der Waals surface area contributed by atoms with Crippen LogP contribution < -0.4 is 14.4 Å². The van der Waals surface area contributed by atoms with Crippen LogP contribution >= 0.6 is 11.6 Å². The van der Waals surface area contributed by atoms with Crippen molar-refractivity contribution in [2.75, 3.05) is 24.6 Å². The van der Waals surface area contributed by atoms with E-state index in [0.29, 0.717) is 35.5 Å². The van der Waals surface area contributed by atoms with Gasteiger partial charge in [-0.25, -0.2) is 9.97 Å². The zero-order chi connectivity index (χ0) is 24.3. The fraction of sp³-hybridized carbons (Fsp3) is 0.577. The van der Waals surface area contributed by atoms with Gasteiger partial charge in [-0.15, -0.1) is 0 Å². The summed E-state index contributed by atoms with van der Waals surface area (Å²) < 4.78 is 11.8. The molecule has 7 nitrogen and oxygen atoms in total. The van der Waals surface area contributed by atoms with Crippen molar-refractivity contribution in [1.29, 1.82) is 0 Å². The van der Waals surface area contributed by atoms with E-state index >= 15 is 0 Å². The maximum atomic E-state index is 12.5. The van der Waals surface area contributed by atoms with Crippen molar-refractivity contribution >= 4 is 23.2 Å². The van der Waals surface area contributed by atoms with Crippen LogP contribution in [0.25, 0.3) is 0 Å². The van der Waals surface area contributed by atoms with Gasteiger partial charge in [0.25, 0.3) is 0 Å². The molecule has 184 valence electrons. The molecular weight excluding hydrogens is 454 g/mol. The molecule has 8 heteroatoms. The highest BCUT2D eigenvalue weighted by molar-refractivity contribution is 6.34. The third-order valence-corrected chi connectivity index (χ3v) is 6.96. The van der Waals surface area contributed by atoms with Crippen LogP contribution in [-0.2, 0) is 4.79 Å². The number of rotatable bonds is 10. The van der Waals surface area contributed by atoms with Gasteiger partial charge >= 0.3 is 0 Å². The van der Waals surface area contributed by atoms with Gasteiger partial charge < -0.3 is 19.5 Å². The number of carbonyl (C=O) groups is 1. The highest BCUT2D eigenvalue weighted by atomic mass is 35.5. The third kappa shape index (κ3) is 6.19. The van der Waals surface area contributed by atoms with Crippen molar-refractivity contribution in [2.45, 2.75) is 70.5 Å². The van der Waals surface area contributed by atoms with Crippen LogP contribution in [0.5, 0.6) is 11.6 Å². The summed E-state index contributed by atoms with van der Waals surface area (Å²) >= 11 is 6.50. The topological polar surface area (TPSA) is 84.8 Å². The molecule has 0 spiro atoms. The number of hydrogen-bond acceptors (Lipinski definition) is 7. The van der Waals surface area contributed by atoms with Crippen molar-refractivity contribution in [3.05, 3.63) is 41.2 Å². The van der Waals surface area contributed by atoms with E-state index in [0.717, 1.165) is 24.3 Å². The maximum absolute atomic E-state index is 12.5. The second kappa shape index (κ2) is 10.5. The Balaban J connectivity index is 1.32. The molecule has 34 heavy (non-hydrogen) atoms. The first kappa shape index (κ1) is 24.7. The number of Topliss-reactive ketones (excluding diaryl/α,β-unsaturated/α-hetero) is 1. The Morgan fingerprint density at radius 3 is 2.62 bits per heavy atom. The largest absolute Gasteiger partial charge is 0.489 e. The van der Waals surface area contributed by atoms with E-state index in [9.17, 15) is 9.90 Å². The van der Waals surface area contributed by atoms with Gasteiger partial charge in [0.05, 0.1) is 12.1 Å². The minimum absolute atomic E-state index is 0.00435. The van der Waals surface area contributed by atoms with E-state index in [4.69, 9.17) is 21.1 Å². The number of ether oxygens (including phenoxy) is 2. The summed E-state index contributed by atoms with van der Waals surface area (Å²) in [6.07, 6.45) is 6.60. The van der Waals surface area contributed by atoms with Crippen LogP contribution in [0.15, 0.2) is 30.6 Å². The molecule has 1 aromatic carbocycles. The molecule has 1 aromatic heterocycles. The van der Waals surface area contributed by atoms with Crippen molar-refractivity contribution in [3.8, 4) is 11.6 Å². The third-order valence-electron chi connectivity index (χ3n) is 6.63. The van der Waals surface area contributed by atoms with Gasteiger partial charge in [0.1, 0.15) is 35.6 Å². The number of carbonyl (C=O) groups excluding carboxylic acids is 1. The lowest BCUT2D eigenvalue weighted by Gasteiger charge is -2.25. The molecule has 2 atom stereocenters. The van der Waals surface area contributed by atoms with Crippen LogP contribution in [0.3, 0.4) is 0 Å². The smallest absolute Gasteiger partial charge is 0.238 e. The molecule has 2 heterocycles. The van der Waals surface area contributed by atoms with E-state index in [2.05, 4.69) is 14.9 Å². The first-order valence-electron chi connectivity index (χ1n) is 12.1. The highest BCUT2D eigenvalue weighted by Crippen LogP contribution is 2.34. The normalized spacial score (nSPS) is 19.6. The Labute approximate surface area is 206 Å². The van der Waals surface area contributed by atoms with E-state index in [1.165, 1.54) is 25.6 Å². The summed E-state index contributed by atoms with van der Waals surface area (Å²) in [5, 5.41) is 10.2. The summed E-state index contributed by atoms with van der Waals surface area (Å²) in [6, 6.07) is 7.90. The number of halogens is 1. The molecule has 1 aliphatic carbocycles. The Kier molecular flexibility index (Phi) is 7.63. The van der Waals surface area contributed by atoms with Crippen molar-refractivity contribution in [2.24, 2.45) is 5.92 Å². The average molecular weight is 488 g/mol. The second-order valence-corrected chi connectivity index (χ2v) is 10.5. The number of benzene rings is 1. The van der Waals surface area contributed by atoms with Gasteiger partial charge in [-0.3, -0.25) is 4.79 Å². The standard InChI is InChI=1S/C26H34ClN3O4/c1-17(22(31)13-18-5-4-6-18)19-7-9-20(10-8-19)34-21-11-12-30(14-21)24-23(27)25(29-16-28-24)33-15-26(2,3)32/h7-10,16-18,21,32H,4-6,11-15H2,1-3H3/t17?,21-/m1/s1. The highest BCUT2D eigenvalue weighted by Gasteiger charge is 2.29. The van der Waals surface area contributed by atoms with Gasteiger partial charge in [-0.1, -0.05) is 49.9 Å². The quantitative estimate of drug-likeness (QED) is 0.515. The summed E-state index contributed by atoms with van der Waals surface area (Å²) in [4.78, 5) is 23.0. The monoisotopic (exact) mass is 487 g/mol. The van der Waals surface area contributed by atoms with E-state index < -0.39 is 5.60 Å². The number of anilines is 1. The Bertz CT molecular complexity index is 989. The van der Waals surface area contributed by atoms with Crippen molar-refractivity contribution in [1.82, 2.24) is 9.97 Å². The van der Waals surface area contributed by atoms with Gasteiger partial charge in [0, 0.05) is 25.3 Å². The zero-order valence-electron chi connectivity index (χ0n) is 20.2. The molecule has 2 fully saturated rings. The lowest BCUT2D eigenvalue weighted by molar-refractivity contribution is -0.121. The first-order chi connectivity index (χ1) is 16.2. The fourth-order valence-electron chi connectivity index (χ4n) is 4.30. The molecule has 1 saturated heterocycles. The number of nitrogens with zero attached hydrogens (tertiary/aromatic N) is 3. The Morgan fingerprint density at radius 1 is 1.24 bits per heavy atom. The molecule has 1 N–H and O–H groups in total. The molecular formula is C26H34ClN3O4. The van der Waals surface area contributed by atoms with Crippen LogP contribution in [0, 0.1) is 5.92 Å². The van der Waals surface area contributed by atoms with Crippen LogP contribution in [0.2, 0.25) is 5.02 Å². The summed E-state index contributed by atoms with van der Waals surface area (Å²) in [7, 11) is 0.